The van der Waals surface area contributed by atoms with Gasteiger partial charge in [0, 0.05) is 35.9 Å². The fourth-order valence-electron chi connectivity index (χ4n) is 4.90. The summed E-state index contributed by atoms with van der Waals surface area (Å²) in [4.78, 5) is 20.1. The van der Waals surface area contributed by atoms with E-state index in [1.807, 2.05) is 18.2 Å². The summed E-state index contributed by atoms with van der Waals surface area (Å²) < 4.78 is 26.5. The van der Waals surface area contributed by atoms with Crippen molar-refractivity contribution < 1.29 is 53.3 Å². The van der Waals surface area contributed by atoms with E-state index in [2.05, 4.69) is 9.97 Å². The minimum absolute atomic E-state index is 0. The van der Waals surface area contributed by atoms with Gasteiger partial charge in [-0.3, -0.25) is 4.98 Å². The van der Waals surface area contributed by atoms with E-state index in [1.165, 1.54) is 13.2 Å². The minimum atomic E-state index is -1.04. The third kappa shape index (κ3) is 5.37. The monoisotopic (exact) mass is 484 g/mol. The Labute approximate surface area is 226 Å². The number of carboxylic acid groups (broad SMARTS) is 1. The van der Waals surface area contributed by atoms with E-state index in [0.717, 1.165) is 36.0 Å². The number of carboxylic acids is 1. The number of ether oxygens (including phenoxy) is 2. The molecular weight excluding hydrogens is 458 g/mol. The van der Waals surface area contributed by atoms with Crippen LogP contribution in [0.5, 0.6) is 11.6 Å². The SMILES string of the molecule is COc1cc(-c2cnc(C3CCc4ccc([C@H](C5CC5)[C@H](C)C(=O)[O-])cc4O3)c(F)c2)ccn1.[Na+]. The van der Waals surface area contributed by atoms with Crippen LogP contribution in [-0.4, -0.2) is 23.0 Å². The standard InChI is InChI=1S/C27H27FN2O4.Na/c1-15(27(31)32)25(17-4-5-17)19-6-3-16-7-8-22(34-23(16)12-19)26-21(28)11-20(14-30-26)18-9-10-29-24(13-18)33-2;/h3,6,9-15,17,22,25H,4-5,7-8H2,1-2H3,(H,31,32);/q;+1/p-1/t15-,22?,25-;/m0./s1. The number of aromatic nitrogens is 2. The summed E-state index contributed by atoms with van der Waals surface area (Å²) >= 11 is 0. The molecule has 1 aliphatic carbocycles. The maximum absolute atomic E-state index is 15.1. The van der Waals surface area contributed by atoms with Crippen molar-refractivity contribution in [2.24, 2.45) is 11.8 Å². The molecule has 0 N–H and O–H groups in total. The van der Waals surface area contributed by atoms with Crippen LogP contribution in [0.4, 0.5) is 4.39 Å². The molecule has 1 saturated carbocycles. The van der Waals surface area contributed by atoms with Crippen LogP contribution >= 0.6 is 0 Å². The number of aliphatic carboxylic acids is 1. The molecule has 176 valence electrons. The average Bonchev–Trinajstić information content (AvgIpc) is 3.68. The molecule has 1 unspecified atom stereocenters. The van der Waals surface area contributed by atoms with Crippen LogP contribution in [0.15, 0.2) is 48.8 Å². The molecule has 1 aliphatic heterocycles. The Kier molecular flexibility index (Phi) is 7.79. The third-order valence-corrected chi connectivity index (χ3v) is 6.91. The molecule has 3 atom stereocenters. The van der Waals surface area contributed by atoms with Gasteiger partial charge in [-0.2, -0.15) is 0 Å². The van der Waals surface area contributed by atoms with Gasteiger partial charge in [-0.15, -0.1) is 0 Å². The molecule has 5 rings (SSSR count). The molecule has 3 aromatic rings. The molecule has 2 aromatic heterocycles. The quantitative estimate of drug-likeness (QED) is 0.470. The van der Waals surface area contributed by atoms with E-state index < -0.39 is 23.8 Å². The molecule has 0 saturated heterocycles. The van der Waals surface area contributed by atoms with Gasteiger partial charge in [-0.05, 0) is 72.4 Å². The van der Waals surface area contributed by atoms with E-state index in [0.29, 0.717) is 29.5 Å². The number of aryl methyl sites for hydroxylation is 1. The Bertz CT molecular complexity index is 1230. The van der Waals surface area contributed by atoms with Crippen LogP contribution in [-0.2, 0) is 11.2 Å². The van der Waals surface area contributed by atoms with E-state index >= 15 is 4.39 Å². The molecular formula is C27H26FN2NaO4. The van der Waals surface area contributed by atoms with Crippen molar-refractivity contribution in [2.45, 2.75) is 44.6 Å². The summed E-state index contributed by atoms with van der Waals surface area (Å²) in [5, 5.41) is 11.6. The molecule has 0 amide bonds. The molecule has 0 radical (unpaired) electrons. The number of benzene rings is 1. The van der Waals surface area contributed by atoms with Crippen molar-refractivity contribution in [3.63, 3.8) is 0 Å². The van der Waals surface area contributed by atoms with Crippen molar-refractivity contribution >= 4 is 5.97 Å². The van der Waals surface area contributed by atoms with Gasteiger partial charge in [0.1, 0.15) is 23.4 Å². The Hall–Kier alpha value is -2.48. The first-order valence-electron chi connectivity index (χ1n) is 11.6. The Morgan fingerprint density at radius 2 is 1.94 bits per heavy atom. The van der Waals surface area contributed by atoms with Crippen molar-refractivity contribution in [3.05, 3.63) is 71.4 Å². The van der Waals surface area contributed by atoms with Crippen molar-refractivity contribution in [3.8, 4) is 22.8 Å². The predicted molar refractivity (Wildman–Crippen MR) is 122 cm³/mol. The maximum atomic E-state index is 15.1. The van der Waals surface area contributed by atoms with Crippen molar-refractivity contribution in [1.82, 2.24) is 9.97 Å². The van der Waals surface area contributed by atoms with Gasteiger partial charge in [0.2, 0.25) is 5.88 Å². The number of hydrogen-bond donors (Lipinski definition) is 0. The predicted octanol–water partition coefficient (Wildman–Crippen LogP) is 1.24. The van der Waals surface area contributed by atoms with Crippen LogP contribution in [0.1, 0.15) is 55.0 Å². The second kappa shape index (κ2) is 10.6. The minimum Gasteiger partial charge on any atom is -0.550 e. The third-order valence-electron chi connectivity index (χ3n) is 6.91. The number of carbonyl (C=O) groups excluding carboxylic acids is 1. The molecule has 6 nitrogen and oxygen atoms in total. The van der Waals surface area contributed by atoms with Gasteiger partial charge in [0.15, 0.2) is 0 Å². The number of rotatable bonds is 7. The molecule has 35 heavy (non-hydrogen) atoms. The molecule has 2 aliphatic rings. The van der Waals surface area contributed by atoms with E-state index in [9.17, 15) is 9.90 Å². The van der Waals surface area contributed by atoms with Gasteiger partial charge >= 0.3 is 29.6 Å². The Morgan fingerprint density at radius 3 is 2.63 bits per heavy atom. The number of fused-ring (bicyclic) bond motifs is 1. The number of methoxy groups -OCH3 is 1. The molecule has 0 bridgehead atoms. The summed E-state index contributed by atoms with van der Waals surface area (Å²) in [7, 11) is 1.53. The van der Waals surface area contributed by atoms with Gasteiger partial charge in [0.25, 0.3) is 0 Å². The summed E-state index contributed by atoms with van der Waals surface area (Å²) in [5.41, 5.74) is 3.63. The summed E-state index contributed by atoms with van der Waals surface area (Å²) in [6.07, 6.45) is 6.11. The summed E-state index contributed by atoms with van der Waals surface area (Å²) in [6, 6.07) is 10.9. The number of halogens is 1. The molecule has 8 heteroatoms. The number of pyridine rings is 2. The second-order valence-corrected chi connectivity index (χ2v) is 9.16. The van der Waals surface area contributed by atoms with Gasteiger partial charge < -0.3 is 19.4 Å². The fourth-order valence-corrected chi connectivity index (χ4v) is 4.90. The van der Waals surface area contributed by atoms with Gasteiger partial charge in [-0.1, -0.05) is 19.1 Å². The van der Waals surface area contributed by atoms with E-state index in [1.54, 1.807) is 31.5 Å². The second-order valence-electron chi connectivity index (χ2n) is 9.16. The first-order valence-corrected chi connectivity index (χ1v) is 11.6. The molecule has 0 spiro atoms. The van der Waals surface area contributed by atoms with Crippen molar-refractivity contribution in [2.75, 3.05) is 7.11 Å². The number of hydrogen-bond acceptors (Lipinski definition) is 6. The van der Waals surface area contributed by atoms with Crippen LogP contribution in [0, 0.1) is 17.7 Å². The first-order chi connectivity index (χ1) is 16.4. The maximum Gasteiger partial charge on any atom is 1.00 e. The van der Waals surface area contributed by atoms with Crippen molar-refractivity contribution in [1.29, 1.82) is 0 Å². The molecule has 3 heterocycles. The molecule has 1 fully saturated rings. The summed E-state index contributed by atoms with van der Waals surface area (Å²) in [5.74, 6) is -0.680. The first kappa shape index (κ1) is 25.6. The number of carbonyl (C=O) groups is 1. The summed E-state index contributed by atoms with van der Waals surface area (Å²) in [6.45, 7) is 1.71. The zero-order valence-electron chi connectivity index (χ0n) is 20.2. The molecule has 1 aromatic carbocycles. The van der Waals surface area contributed by atoms with Crippen LogP contribution in [0.2, 0.25) is 0 Å². The van der Waals surface area contributed by atoms with Gasteiger partial charge in [0.05, 0.1) is 7.11 Å². The van der Waals surface area contributed by atoms with Crippen LogP contribution < -0.4 is 44.1 Å². The average molecular weight is 485 g/mol. The fraction of sp³-hybridized carbons (Fsp3) is 0.370. The normalized spacial score (nSPS) is 18.4. The largest absolute Gasteiger partial charge is 1.00 e. The Morgan fingerprint density at radius 1 is 1.14 bits per heavy atom. The smallest absolute Gasteiger partial charge is 0.550 e. The number of nitrogens with zero attached hydrogens (tertiary/aromatic N) is 2. The van der Waals surface area contributed by atoms with Crippen LogP contribution in [0.3, 0.4) is 0 Å². The van der Waals surface area contributed by atoms with Crippen LogP contribution in [0.25, 0.3) is 11.1 Å². The van der Waals surface area contributed by atoms with E-state index in [4.69, 9.17) is 9.47 Å². The topological polar surface area (TPSA) is 84.4 Å². The van der Waals surface area contributed by atoms with Gasteiger partial charge in [-0.25, -0.2) is 9.37 Å². The zero-order valence-corrected chi connectivity index (χ0v) is 22.2. The van der Waals surface area contributed by atoms with E-state index in [-0.39, 0.29) is 41.2 Å². The zero-order chi connectivity index (χ0) is 23.8. The Balaban J connectivity index is 0.00000289.